The van der Waals surface area contributed by atoms with Crippen LogP contribution in [-0.2, 0) is 22.6 Å². The second-order valence-electron chi connectivity index (χ2n) is 7.22. The molecule has 0 aliphatic carbocycles. The number of carbonyl (C=O) groups excluding carboxylic acids is 2. The van der Waals surface area contributed by atoms with Crippen LogP contribution in [0.25, 0.3) is 0 Å². The molecule has 4 unspecified atom stereocenters. The fourth-order valence-electron chi connectivity index (χ4n) is 4.05. The molecule has 2 bridgehead atoms. The van der Waals surface area contributed by atoms with Crippen molar-refractivity contribution in [1.29, 1.82) is 0 Å². The van der Waals surface area contributed by atoms with Crippen molar-refractivity contribution in [2.24, 2.45) is 11.8 Å². The molecule has 26 heavy (non-hydrogen) atoms. The van der Waals surface area contributed by atoms with Crippen LogP contribution in [0.5, 0.6) is 0 Å². The van der Waals surface area contributed by atoms with Gasteiger partial charge in [0, 0.05) is 51.8 Å². The molecule has 3 N–H and O–H groups in total. The van der Waals surface area contributed by atoms with Gasteiger partial charge in [-0.2, -0.15) is 0 Å². The maximum Gasteiger partial charge on any atom is 0.224 e. The Bertz CT molecular complexity index is 634. The number of hydrogen-bond donors (Lipinski definition) is 3. The fourth-order valence-corrected chi connectivity index (χ4v) is 4.05. The number of piperidine rings is 3. The van der Waals surface area contributed by atoms with Crippen LogP contribution < -0.4 is 10.6 Å². The van der Waals surface area contributed by atoms with Crippen LogP contribution in [-0.4, -0.2) is 75.6 Å². The van der Waals surface area contributed by atoms with E-state index >= 15 is 0 Å². The average molecular weight is 364 g/mol. The maximum atomic E-state index is 12.5. The summed E-state index contributed by atoms with van der Waals surface area (Å²) in [5, 5.41) is 22.8. The zero-order valence-corrected chi connectivity index (χ0v) is 15.2. The fraction of sp³-hybridized carbons (Fsp3) is 0.765. The summed E-state index contributed by atoms with van der Waals surface area (Å²) in [6.07, 6.45) is 4.45. The number of amides is 2. The average Bonchev–Trinajstić information content (AvgIpc) is 3.06. The lowest BCUT2D eigenvalue weighted by Gasteiger charge is -2.49. The van der Waals surface area contributed by atoms with Crippen molar-refractivity contribution in [3.8, 4) is 0 Å². The normalized spacial score (nSPS) is 27.3. The van der Waals surface area contributed by atoms with Gasteiger partial charge in [0.25, 0.3) is 0 Å². The summed E-state index contributed by atoms with van der Waals surface area (Å²) < 4.78 is 1.85. The molecule has 0 aromatic carbocycles. The number of rotatable bonds is 8. The standard InChI is InChI=1S/C17H28N6O3/c1-12(25)18-4-5-19-17(26)16-11-22-6-2-13(16)8-15(22)10-23-9-14(3-7-24)20-21-23/h9,13,15-16,24H,2-8,10-11H2,1H3,(H,18,25)(H,19,26). The molecule has 0 radical (unpaired) electrons. The number of nitrogens with one attached hydrogen (secondary N) is 2. The number of fused-ring (bicyclic) bond motifs is 3. The second kappa shape index (κ2) is 8.59. The summed E-state index contributed by atoms with van der Waals surface area (Å²) in [5.74, 6) is 0.430. The van der Waals surface area contributed by atoms with Gasteiger partial charge in [-0.3, -0.25) is 19.2 Å². The Morgan fingerprint density at radius 3 is 2.85 bits per heavy atom. The molecule has 0 spiro atoms. The van der Waals surface area contributed by atoms with E-state index in [9.17, 15) is 9.59 Å². The smallest absolute Gasteiger partial charge is 0.224 e. The minimum absolute atomic E-state index is 0.0259. The Labute approximate surface area is 153 Å². The zero-order chi connectivity index (χ0) is 18.5. The summed E-state index contributed by atoms with van der Waals surface area (Å²) in [5.41, 5.74) is 0.805. The van der Waals surface area contributed by atoms with Crippen LogP contribution in [0, 0.1) is 11.8 Å². The first-order valence-corrected chi connectivity index (χ1v) is 9.33. The van der Waals surface area contributed by atoms with Gasteiger partial charge in [0.15, 0.2) is 0 Å². The molecular formula is C17H28N6O3. The molecule has 3 aliphatic heterocycles. The Hall–Kier alpha value is -2.00. The van der Waals surface area contributed by atoms with Gasteiger partial charge in [0.05, 0.1) is 18.2 Å². The lowest BCUT2D eigenvalue weighted by Crippen LogP contribution is -2.58. The van der Waals surface area contributed by atoms with Gasteiger partial charge >= 0.3 is 0 Å². The van der Waals surface area contributed by atoms with Gasteiger partial charge in [-0.1, -0.05) is 5.21 Å². The van der Waals surface area contributed by atoms with E-state index in [4.69, 9.17) is 5.11 Å². The molecule has 3 fully saturated rings. The predicted octanol–water partition coefficient (Wildman–Crippen LogP) is -1.22. The van der Waals surface area contributed by atoms with Gasteiger partial charge in [-0.25, -0.2) is 0 Å². The summed E-state index contributed by atoms with van der Waals surface area (Å²) in [6.45, 7) is 5.05. The van der Waals surface area contributed by atoms with Crippen LogP contribution >= 0.6 is 0 Å². The molecule has 2 amide bonds. The van der Waals surface area contributed by atoms with Gasteiger partial charge in [0.2, 0.25) is 11.8 Å². The molecule has 3 aliphatic rings. The Kier molecular flexibility index (Phi) is 6.20. The topological polar surface area (TPSA) is 112 Å². The van der Waals surface area contributed by atoms with Gasteiger partial charge in [-0.05, 0) is 25.3 Å². The van der Waals surface area contributed by atoms with Crippen molar-refractivity contribution in [1.82, 2.24) is 30.5 Å². The largest absolute Gasteiger partial charge is 0.396 e. The lowest BCUT2D eigenvalue weighted by atomic mass is 9.75. The number of aliphatic hydroxyl groups is 1. The predicted molar refractivity (Wildman–Crippen MR) is 94.1 cm³/mol. The molecule has 9 heteroatoms. The van der Waals surface area contributed by atoms with Gasteiger partial charge in [-0.15, -0.1) is 5.10 Å². The van der Waals surface area contributed by atoms with Crippen molar-refractivity contribution < 1.29 is 14.7 Å². The number of hydrogen-bond acceptors (Lipinski definition) is 6. The Morgan fingerprint density at radius 2 is 2.15 bits per heavy atom. The first kappa shape index (κ1) is 18.8. The maximum absolute atomic E-state index is 12.5. The van der Waals surface area contributed by atoms with E-state index in [0.717, 1.165) is 38.2 Å². The molecule has 144 valence electrons. The van der Waals surface area contributed by atoms with E-state index in [0.29, 0.717) is 31.5 Å². The minimum Gasteiger partial charge on any atom is -0.396 e. The van der Waals surface area contributed by atoms with E-state index in [1.165, 1.54) is 6.92 Å². The van der Waals surface area contributed by atoms with E-state index < -0.39 is 0 Å². The summed E-state index contributed by atoms with van der Waals surface area (Å²) >= 11 is 0. The number of nitrogens with zero attached hydrogens (tertiary/aromatic N) is 4. The molecule has 4 heterocycles. The van der Waals surface area contributed by atoms with Crippen LogP contribution in [0.1, 0.15) is 25.5 Å². The zero-order valence-electron chi connectivity index (χ0n) is 15.2. The van der Waals surface area contributed by atoms with Crippen molar-refractivity contribution in [2.45, 2.75) is 38.8 Å². The van der Waals surface area contributed by atoms with Crippen LogP contribution in [0.3, 0.4) is 0 Å². The van der Waals surface area contributed by atoms with E-state index in [-0.39, 0.29) is 24.3 Å². The molecule has 0 saturated carbocycles. The van der Waals surface area contributed by atoms with Gasteiger partial charge < -0.3 is 15.7 Å². The summed E-state index contributed by atoms with van der Waals surface area (Å²) in [6, 6.07) is 0.376. The monoisotopic (exact) mass is 364 g/mol. The second-order valence-corrected chi connectivity index (χ2v) is 7.22. The highest BCUT2D eigenvalue weighted by molar-refractivity contribution is 5.79. The summed E-state index contributed by atoms with van der Waals surface area (Å²) in [7, 11) is 0. The third-order valence-electron chi connectivity index (χ3n) is 5.37. The van der Waals surface area contributed by atoms with Gasteiger partial charge in [0.1, 0.15) is 0 Å². The summed E-state index contributed by atoms with van der Waals surface area (Å²) in [4.78, 5) is 25.7. The van der Waals surface area contributed by atoms with Crippen molar-refractivity contribution in [3.05, 3.63) is 11.9 Å². The first-order valence-electron chi connectivity index (χ1n) is 9.33. The molecule has 4 atom stereocenters. The number of aliphatic hydroxyl groups excluding tert-OH is 1. The van der Waals surface area contributed by atoms with Crippen LogP contribution in [0.2, 0.25) is 0 Å². The van der Waals surface area contributed by atoms with Crippen molar-refractivity contribution in [2.75, 3.05) is 32.8 Å². The number of aromatic nitrogens is 3. The highest BCUT2D eigenvalue weighted by Gasteiger charge is 2.43. The molecule has 9 nitrogen and oxygen atoms in total. The highest BCUT2D eigenvalue weighted by atomic mass is 16.3. The highest BCUT2D eigenvalue weighted by Crippen LogP contribution is 2.36. The molecular weight excluding hydrogens is 336 g/mol. The Balaban J connectivity index is 1.49. The third-order valence-corrected chi connectivity index (χ3v) is 5.37. The molecule has 3 saturated heterocycles. The van der Waals surface area contributed by atoms with E-state index in [1.54, 1.807) is 0 Å². The molecule has 1 aromatic heterocycles. The minimum atomic E-state index is -0.0832. The first-order chi connectivity index (χ1) is 12.6. The number of carbonyl (C=O) groups is 2. The van der Waals surface area contributed by atoms with Crippen LogP contribution in [0.15, 0.2) is 6.20 Å². The molecule has 1 aromatic rings. The van der Waals surface area contributed by atoms with E-state index in [2.05, 4.69) is 25.8 Å². The SMILES string of the molecule is CC(=O)NCCNC(=O)C1CN2CCC1CC2Cn1cc(CCO)nn1. The lowest BCUT2D eigenvalue weighted by molar-refractivity contribution is -0.133. The third kappa shape index (κ3) is 4.59. The van der Waals surface area contributed by atoms with E-state index in [1.807, 2.05) is 10.9 Å². The van der Waals surface area contributed by atoms with Crippen LogP contribution in [0.4, 0.5) is 0 Å². The molecule has 4 rings (SSSR count). The Morgan fingerprint density at radius 1 is 1.35 bits per heavy atom. The quantitative estimate of drug-likeness (QED) is 0.498. The van der Waals surface area contributed by atoms with Crippen molar-refractivity contribution in [3.63, 3.8) is 0 Å². The van der Waals surface area contributed by atoms with Crippen molar-refractivity contribution >= 4 is 11.8 Å².